The fourth-order valence-electron chi connectivity index (χ4n) is 0.622. The predicted molar refractivity (Wildman–Crippen MR) is 51.9 cm³/mol. The molecule has 0 aromatic rings. The van der Waals surface area contributed by atoms with Crippen LogP contribution >= 0.6 is 22.6 Å². The van der Waals surface area contributed by atoms with Crippen molar-refractivity contribution in [1.82, 2.24) is 0 Å². The summed E-state index contributed by atoms with van der Waals surface area (Å²) >= 11 is -0.561. The molecule has 0 saturated heterocycles. The molecule has 0 heterocycles. The Morgan fingerprint density at radius 2 is 1.32 bits per heavy atom. The van der Waals surface area contributed by atoms with E-state index in [1.54, 1.807) is 0 Å². The minimum atomic E-state index is -7.02. The minimum absolute atomic E-state index is 0.561. The molecular formula is C4F8IN3O2S. The Kier molecular flexibility index (Phi) is 4.62. The Bertz CT molecular complexity index is 507. The van der Waals surface area contributed by atoms with Gasteiger partial charge in [-0.1, -0.05) is 0 Å². The molecule has 0 saturated carbocycles. The second kappa shape index (κ2) is 4.76. The van der Waals surface area contributed by atoms with E-state index < -0.39 is 53.6 Å². The topological polar surface area (TPSA) is 82.9 Å². The Balaban J connectivity index is 6.14. The maximum absolute atomic E-state index is 12.8. The van der Waals surface area contributed by atoms with Crippen LogP contribution in [0.3, 0.4) is 0 Å². The summed E-state index contributed by atoms with van der Waals surface area (Å²) in [5.41, 5.74) is 7.56. The number of azide groups is 1. The van der Waals surface area contributed by atoms with E-state index in [0.717, 1.165) is 0 Å². The van der Waals surface area contributed by atoms with Gasteiger partial charge < -0.3 is 0 Å². The molecule has 0 amide bonds. The average Bonchev–Trinajstić information content (AvgIpc) is 2.14. The molecule has 0 radical (unpaired) electrons. The van der Waals surface area contributed by atoms with E-state index in [2.05, 4.69) is 0 Å². The summed E-state index contributed by atoms with van der Waals surface area (Å²) in [7, 11) is -6.80. The molecular weight excluding hydrogens is 433 g/mol. The largest absolute Gasteiger partial charge is 0.421 e. The van der Waals surface area contributed by atoms with E-state index in [0.29, 0.717) is 0 Å². The van der Waals surface area contributed by atoms with Gasteiger partial charge in [-0.3, -0.25) is 0 Å². The highest BCUT2D eigenvalue weighted by Crippen LogP contribution is 2.56. The van der Waals surface area contributed by atoms with Gasteiger partial charge in [-0.05, 0) is 5.53 Å². The number of alkyl halides is 9. The van der Waals surface area contributed by atoms with Gasteiger partial charge in [0.2, 0.25) is 0 Å². The molecule has 112 valence electrons. The van der Waals surface area contributed by atoms with Crippen molar-refractivity contribution in [3.63, 3.8) is 0 Å². The number of sulfonamides is 1. The Morgan fingerprint density at radius 1 is 0.947 bits per heavy atom. The van der Waals surface area contributed by atoms with E-state index in [1.165, 1.54) is 9.43 Å². The summed E-state index contributed by atoms with van der Waals surface area (Å²) in [6.45, 7) is 0. The second-order valence-corrected chi connectivity index (χ2v) is 5.79. The average molecular weight is 433 g/mol. The lowest BCUT2D eigenvalue weighted by atomic mass is 10.2. The molecule has 0 aliphatic carbocycles. The highest BCUT2D eigenvalue weighted by Gasteiger charge is 2.83. The van der Waals surface area contributed by atoms with Crippen molar-refractivity contribution >= 4 is 32.6 Å². The van der Waals surface area contributed by atoms with Gasteiger partial charge in [0.1, 0.15) is 0 Å². The van der Waals surface area contributed by atoms with Crippen LogP contribution in [0.1, 0.15) is 0 Å². The third kappa shape index (κ3) is 2.67. The zero-order valence-electron chi connectivity index (χ0n) is 7.97. The van der Waals surface area contributed by atoms with E-state index in [4.69, 9.17) is 5.53 Å². The summed E-state index contributed by atoms with van der Waals surface area (Å²) in [6, 6.07) is 0. The number of hydrogen-bond donors (Lipinski definition) is 0. The molecule has 5 nitrogen and oxygen atoms in total. The SMILES string of the molecule is [N-]=[N+]=NS(=O)(=O)C(F)(F)C(F)(F)C(F)(F)C(F)(F)I. The van der Waals surface area contributed by atoms with Crippen LogP contribution in [0.4, 0.5) is 35.1 Å². The standard InChI is InChI=1S/C4F8IN3O2S/c5-1(6,3(9,10)13)2(7,8)4(11,12)19(17,18)16-15-14. The first-order chi connectivity index (χ1) is 8.06. The van der Waals surface area contributed by atoms with Crippen molar-refractivity contribution in [2.45, 2.75) is 21.0 Å². The molecule has 0 fully saturated rings. The quantitative estimate of drug-likeness (QED) is 0.166. The van der Waals surface area contributed by atoms with E-state index in [-0.39, 0.29) is 0 Å². The molecule has 0 N–H and O–H groups in total. The monoisotopic (exact) mass is 433 g/mol. The van der Waals surface area contributed by atoms with Gasteiger partial charge in [0.05, 0.1) is 0 Å². The molecule has 0 bridgehead atoms. The lowest BCUT2D eigenvalue weighted by Gasteiger charge is -2.33. The molecule has 0 atom stereocenters. The molecule has 0 aliphatic rings. The fraction of sp³-hybridized carbons (Fsp3) is 1.00. The number of hydrogen-bond acceptors (Lipinski definition) is 2. The highest BCUT2D eigenvalue weighted by atomic mass is 127. The van der Waals surface area contributed by atoms with E-state index in [1.807, 2.05) is 0 Å². The maximum atomic E-state index is 12.8. The van der Waals surface area contributed by atoms with Crippen LogP contribution in [-0.2, 0) is 10.0 Å². The number of halogens is 9. The number of rotatable bonds is 5. The van der Waals surface area contributed by atoms with Gasteiger partial charge in [0.25, 0.3) is 0 Å². The zero-order chi connectivity index (χ0) is 15.9. The number of nitrogens with zero attached hydrogens (tertiary/aromatic N) is 3. The second-order valence-electron chi connectivity index (χ2n) is 2.81. The molecule has 19 heavy (non-hydrogen) atoms. The van der Waals surface area contributed by atoms with Crippen LogP contribution < -0.4 is 0 Å². The van der Waals surface area contributed by atoms with Gasteiger partial charge in [0.15, 0.2) is 0 Å². The van der Waals surface area contributed by atoms with Gasteiger partial charge >= 0.3 is 31.1 Å². The molecule has 0 unspecified atom stereocenters. The third-order valence-corrected chi connectivity index (χ3v) is 3.45. The normalized spacial score (nSPS) is 15.0. The summed E-state index contributed by atoms with van der Waals surface area (Å²) < 4.78 is 117. The van der Waals surface area contributed by atoms with Crippen LogP contribution in [0, 0.1) is 0 Å². The fourth-order valence-corrected chi connectivity index (χ4v) is 1.61. The maximum Gasteiger partial charge on any atom is 0.421 e. The molecule has 0 aromatic carbocycles. The van der Waals surface area contributed by atoms with Crippen LogP contribution in [0.2, 0.25) is 0 Å². The van der Waals surface area contributed by atoms with Crippen molar-refractivity contribution in [2.24, 2.45) is 4.52 Å². The van der Waals surface area contributed by atoms with Crippen LogP contribution in [0.5, 0.6) is 0 Å². The van der Waals surface area contributed by atoms with Crippen molar-refractivity contribution in [1.29, 1.82) is 0 Å². The summed E-state index contributed by atoms with van der Waals surface area (Å²) in [4.78, 5) is 1.22. The molecule has 0 aromatic heterocycles. The van der Waals surface area contributed by atoms with Gasteiger partial charge in [-0.15, -0.1) is 0 Å². The first kappa shape index (κ1) is 18.4. The first-order valence-corrected chi connectivity index (χ1v) is 6.09. The lowest BCUT2D eigenvalue weighted by Crippen LogP contribution is -2.62. The smallest absolute Gasteiger partial charge is 0.214 e. The molecule has 0 rings (SSSR count). The van der Waals surface area contributed by atoms with E-state index in [9.17, 15) is 43.5 Å². The molecule has 0 aliphatic heterocycles. The summed E-state index contributed by atoms with van der Waals surface area (Å²) in [5.74, 6) is -13.7. The summed E-state index contributed by atoms with van der Waals surface area (Å²) in [6.07, 6.45) is 0. The van der Waals surface area contributed by atoms with Crippen LogP contribution in [0.25, 0.3) is 10.4 Å². The summed E-state index contributed by atoms with van der Waals surface area (Å²) in [5, 5.41) is -6.73. The zero-order valence-corrected chi connectivity index (χ0v) is 10.9. The van der Waals surface area contributed by atoms with Crippen molar-refractivity contribution in [3.8, 4) is 0 Å². The van der Waals surface area contributed by atoms with Crippen molar-refractivity contribution in [3.05, 3.63) is 10.4 Å². The molecule has 15 heteroatoms. The highest BCUT2D eigenvalue weighted by molar-refractivity contribution is 14.1. The third-order valence-electron chi connectivity index (χ3n) is 1.58. The Labute approximate surface area is 112 Å². The lowest BCUT2D eigenvalue weighted by molar-refractivity contribution is -0.319. The first-order valence-electron chi connectivity index (χ1n) is 3.57. The van der Waals surface area contributed by atoms with Crippen molar-refractivity contribution in [2.75, 3.05) is 0 Å². The van der Waals surface area contributed by atoms with Gasteiger partial charge in [-0.25, -0.2) is 8.42 Å². The van der Waals surface area contributed by atoms with Gasteiger partial charge in [0, 0.05) is 32.0 Å². The van der Waals surface area contributed by atoms with Crippen LogP contribution in [-0.4, -0.2) is 29.4 Å². The predicted octanol–water partition coefficient (Wildman–Crippen LogP) is 3.52. The molecule has 0 spiro atoms. The Hall–Kier alpha value is -0.570. The van der Waals surface area contributed by atoms with Crippen LogP contribution in [0.15, 0.2) is 4.52 Å². The van der Waals surface area contributed by atoms with Crippen molar-refractivity contribution < 1.29 is 43.5 Å². The Morgan fingerprint density at radius 3 is 1.58 bits per heavy atom. The minimum Gasteiger partial charge on any atom is -0.214 e. The van der Waals surface area contributed by atoms with Gasteiger partial charge in [-0.2, -0.15) is 35.1 Å². The van der Waals surface area contributed by atoms with E-state index >= 15 is 0 Å².